The monoisotopic (exact) mass is 481 g/mol. The number of aromatic nitrogens is 4. The molecule has 0 amide bonds. The van der Waals surface area contributed by atoms with E-state index in [0.717, 1.165) is 38.3 Å². The Hall–Kier alpha value is -2.74. The maximum Gasteiger partial charge on any atom is 0.389 e. The number of imidazole rings is 1. The normalized spacial score (nSPS) is 19.1. The van der Waals surface area contributed by atoms with Gasteiger partial charge in [-0.05, 0) is 36.4 Å². The Morgan fingerprint density at radius 3 is 2.76 bits per heavy atom. The van der Waals surface area contributed by atoms with Crippen molar-refractivity contribution < 1.29 is 26.8 Å². The largest absolute Gasteiger partial charge is 0.441 e. The fourth-order valence-corrected chi connectivity index (χ4v) is 4.16. The van der Waals surface area contributed by atoms with Crippen LogP contribution >= 0.6 is 0 Å². The molecule has 5 rings (SSSR count). The first-order valence-electron chi connectivity index (χ1n) is 10.6. The van der Waals surface area contributed by atoms with Gasteiger partial charge in [-0.2, -0.15) is 14.2 Å². The van der Waals surface area contributed by atoms with Gasteiger partial charge in [0.2, 0.25) is 0 Å². The van der Waals surface area contributed by atoms with Gasteiger partial charge < -0.3 is 15.4 Å². The van der Waals surface area contributed by atoms with Gasteiger partial charge in [-0.3, -0.25) is 0 Å². The van der Waals surface area contributed by atoms with Crippen LogP contribution in [0.1, 0.15) is 37.3 Å². The predicted octanol–water partition coefficient (Wildman–Crippen LogP) is 2.89. The highest BCUT2D eigenvalue weighted by Gasteiger charge is 2.32. The molecule has 33 heavy (non-hydrogen) atoms. The molecule has 0 unspecified atom stereocenters. The van der Waals surface area contributed by atoms with E-state index in [4.69, 9.17) is 13.8 Å². The first-order valence-corrected chi connectivity index (χ1v) is 12.2. The van der Waals surface area contributed by atoms with Crippen LogP contribution in [0.4, 0.5) is 14.6 Å². The zero-order valence-electron chi connectivity index (χ0n) is 17.5. The van der Waals surface area contributed by atoms with E-state index in [2.05, 4.69) is 25.7 Å². The number of hydrogen-bond acceptors (Lipinski definition) is 7. The fourth-order valence-electron chi connectivity index (χ4n) is 3.88. The van der Waals surface area contributed by atoms with E-state index in [1.807, 2.05) is 0 Å². The van der Waals surface area contributed by atoms with E-state index in [-0.39, 0.29) is 40.6 Å². The summed E-state index contributed by atoms with van der Waals surface area (Å²) in [5.41, 5.74) is 0.906. The Morgan fingerprint density at radius 1 is 1.24 bits per heavy atom. The van der Waals surface area contributed by atoms with Gasteiger partial charge in [-0.25, -0.2) is 23.3 Å². The highest BCUT2D eigenvalue weighted by Crippen LogP contribution is 2.43. The molecule has 4 N–H and O–H groups in total. The van der Waals surface area contributed by atoms with E-state index in [9.17, 15) is 13.0 Å². The van der Waals surface area contributed by atoms with Crippen LogP contribution < -0.4 is 15.4 Å². The molecule has 1 atom stereocenters. The van der Waals surface area contributed by atoms with E-state index < -0.39 is 28.1 Å². The van der Waals surface area contributed by atoms with E-state index in [1.165, 1.54) is 16.8 Å². The Bertz CT molecular complexity index is 1240. The quantitative estimate of drug-likeness (QED) is 0.376. The minimum atomic E-state index is -4.10. The molecule has 2 aliphatic rings. The molecule has 176 valence electrons. The van der Waals surface area contributed by atoms with Crippen LogP contribution in [0, 0.1) is 11.6 Å². The average Bonchev–Trinajstić information content (AvgIpc) is 3.54. The maximum atomic E-state index is 14.8. The summed E-state index contributed by atoms with van der Waals surface area (Å²) in [4.78, 5) is 8.44. The predicted molar refractivity (Wildman–Crippen MR) is 116 cm³/mol. The summed E-state index contributed by atoms with van der Waals surface area (Å²) in [7, 11) is -4.10. The number of anilines is 1. The minimum absolute atomic E-state index is 0.0196. The fraction of sp³-hybridized carbons (Fsp3) is 0.450. The molecular weight excluding hydrogens is 458 g/mol. The van der Waals surface area contributed by atoms with Crippen molar-refractivity contribution >= 4 is 22.0 Å². The van der Waals surface area contributed by atoms with Gasteiger partial charge in [0.05, 0.1) is 6.20 Å². The van der Waals surface area contributed by atoms with Crippen LogP contribution in [0.25, 0.3) is 17.0 Å². The summed E-state index contributed by atoms with van der Waals surface area (Å²) in [6.07, 6.45) is 4.86. The second-order valence-corrected chi connectivity index (χ2v) is 9.74. The summed E-state index contributed by atoms with van der Waals surface area (Å²) in [6, 6.07) is 2.27. The number of piperidine rings is 1. The Morgan fingerprint density at radius 2 is 2.06 bits per heavy atom. The minimum Gasteiger partial charge on any atom is -0.441 e. The zero-order chi connectivity index (χ0) is 23.2. The van der Waals surface area contributed by atoms with Crippen LogP contribution in [0.15, 0.2) is 18.3 Å². The SMILES string of the molecule is O=[S+](O)(O)COc1cc2ncc(-c3nc(N[C@H]4CCCNC4)c(F)cc3F)n2nc1C1CC1. The van der Waals surface area contributed by atoms with Crippen LogP contribution in [0.2, 0.25) is 0 Å². The molecule has 1 saturated carbocycles. The zero-order valence-corrected chi connectivity index (χ0v) is 18.3. The Kier molecular flexibility index (Phi) is 5.72. The van der Waals surface area contributed by atoms with Crippen molar-refractivity contribution in [3.8, 4) is 17.1 Å². The number of nitrogens with one attached hydrogen (secondary N) is 2. The molecular formula is C20H23F2N6O4S+. The van der Waals surface area contributed by atoms with Gasteiger partial charge in [0.15, 0.2) is 28.8 Å². The van der Waals surface area contributed by atoms with Gasteiger partial charge in [-0.15, -0.1) is 0 Å². The topological polar surface area (TPSA) is 134 Å². The molecule has 1 aliphatic heterocycles. The molecule has 1 aliphatic carbocycles. The molecule has 0 radical (unpaired) electrons. The van der Waals surface area contributed by atoms with Gasteiger partial charge in [0, 0.05) is 30.6 Å². The van der Waals surface area contributed by atoms with Gasteiger partial charge in [0.25, 0.3) is 0 Å². The van der Waals surface area contributed by atoms with Gasteiger partial charge in [0.1, 0.15) is 17.1 Å². The lowest BCUT2D eigenvalue weighted by atomic mass is 10.1. The van der Waals surface area contributed by atoms with Crippen LogP contribution in [0.5, 0.6) is 5.75 Å². The molecule has 1 saturated heterocycles. The van der Waals surface area contributed by atoms with Crippen molar-refractivity contribution in [1.29, 1.82) is 0 Å². The molecule has 10 nitrogen and oxygen atoms in total. The third-order valence-electron chi connectivity index (χ3n) is 5.63. The number of rotatable bonds is 7. The average molecular weight is 482 g/mol. The number of ether oxygens (including phenoxy) is 1. The molecule has 13 heteroatoms. The number of fused-ring (bicyclic) bond motifs is 1. The second kappa shape index (κ2) is 8.56. The van der Waals surface area contributed by atoms with Crippen LogP contribution in [0.3, 0.4) is 0 Å². The van der Waals surface area contributed by atoms with Crippen molar-refractivity contribution in [2.24, 2.45) is 0 Å². The van der Waals surface area contributed by atoms with E-state index >= 15 is 0 Å². The lowest BCUT2D eigenvalue weighted by molar-refractivity contribution is 0.315. The number of pyridine rings is 1. The van der Waals surface area contributed by atoms with Crippen molar-refractivity contribution in [1.82, 2.24) is 24.9 Å². The second-order valence-electron chi connectivity index (χ2n) is 8.29. The van der Waals surface area contributed by atoms with Crippen molar-refractivity contribution in [2.45, 2.75) is 37.6 Å². The van der Waals surface area contributed by atoms with E-state index in [0.29, 0.717) is 12.2 Å². The third kappa shape index (κ3) is 4.81. The molecule has 0 spiro atoms. The number of halogens is 2. The standard InChI is InChI=1S/C20H22F2N6O4S/c21-13-6-14(22)20(25-12-2-1-5-23-8-12)26-19(13)15-9-24-17-7-16(32-10-33(29,30)31)18(11-3-4-11)27-28(15)17/h6-7,9,11-12,23H,1-5,8,10H2,(H2-,25,26,29,30,31)/p+1/t12-/m0/s1. The molecule has 4 heterocycles. The van der Waals surface area contributed by atoms with Crippen molar-refractivity contribution in [3.05, 3.63) is 35.7 Å². The van der Waals surface area contributed by atoms with Crippen LogP contribution in [-0.4, -0.2) is 53.8 Å². The van der Waals surface area contributed by atoms with Gasteiger partial charge in [-0.1, -0.05) is 0 Å². The summed E-state index contributed by atoms with van der Waals surface area (Å²) in [5.74, 6) is -2.20. The summed E-state index contributed by atoms with van der Waals surface area (Å²) in [5, 5.41) is 10.8. The molecule has 0 aromatic carbocycles. The maximum absolute atomic E-state index is 14.8. The highest BCUT2D eigenvalue weighted by molar-refractivity contribution is 7.92. The number of nitrogens with zero attached hydrogens (tertiary/aromatic N) is 4. The summed E-state index contributed by atoms with van der Waals surface area (Å²) >= 11 is 0. The summed E-state index contributed by atoms with van der Waals surface area (Å²) < 4.78 is 65.4. The van der Waals surface area contributed by atoms with Gasteiger partial charge >= 0.3 is 16.4 Å². The van der Waals surface area contributed by atoms with Crippen molar-refractivity contribution in [2.75, 3.05) is 24.3 Å². The van der Waals surface area contributed by atoms with Crippen molar-refractivity contribution in [3.63, 3.8) is 0 Å². The summed E-state index contributed by atoms with van der Waals surface area (Å²) in [6.45, 7) is 1.56. The van der Waals surface area contributed by atoms with Crippen LogP contribution in [-0.2, 0) is 14.7 Å². The molecule has 3 aromatic heterocycles. The highest BCUT2D eigenvalue weighted by atomic mass is 32.3. The number of hydrogen-bond donors (Lipinski definition) is 4. The lowest BCUT2D eigenvalue weighted by Gasteiger charge is -2.24. The third-order valence-corrected chi connectivity index (χ3v) is 6.05. The Labute approximate surface area is 188 Å². The Balaban J connectivity index is 1.52. The first-order chi connectivity index (χ1) is 15.8. The van der Waals surface area contributed by atoms with E-state index in [1.54, 1.807) is 0 Å². The smallest absolute Gasteiger partial charge is 0.389 e. The molecule has 2 fully saturated rings. The molecule has 0 bridgehead atoms. The lowest BCUT2D eigenvalue weighted by Crippen LogP contribution is -2.38. The first kappa shape index (κ1) is 22.1. The molecule has 3 aromatic rings.